The summed E-state index contributed by atoms with van der Waals surface area (Å²) in [6, 6.07) is 5.75. The van der Waals surface area contributed by atoms with E-state index >= 15 is 0 Å². The molecule has 1 amide bonds. The van der Waals surface area contributed by atoms with Crippen molar-refractivity contribution in [2.24, 2.45) is 0 Å². The maximum absolute atomic E-state index is 13.7. The first-order valence-electron chi connectivity index (χ1n) is 10.2. The number of hydrogen-bond donors (Lipinski definition) is 0. The molecule has 0 fully saturated rings. The zero-order valence-electron chi connectivity index (χ0n) is 17.9. The molecule has 0 unspecified atom stereocenters. The summed E-state index contributed by atoms with van der Waals surface area (Å²) in [5.41, 5.74) is 1.91. The van der Waals surface area contributed by atoms with E-state index in [1.54, 1.807) is 19.6 Å². The molecule has 0 saturated carbocycles. The molecular weight excluding hydrogens is 368 g/mol. The molecular formula is C22H30N4O3. The zero-order chi connectivity index (χ0) is 21.0. The first kappa shape index (κ1) is 21.0. The van der Waals surface area contributed by atoms with Gasteiger partial charge in [0.05, 0.1) is 30.0 Å². The number of pyridine rings is 1. The topological polar surface area (TPSA) is 73.4 Å². The van der Waals surface area contributed by atoms with Gasteiger partial charge in [0.15, 0.2) is 11.4 Å². The van der Waals surface area contributed by atoms with Gasteiger partial charge in [0.1, 0.15) is 5.69 Å². The van der Waals surface area contributed by atoms with Crippen molar-refractivity contribution in [1.82, 2.24) is 19.7 Å². The molecule has 0 bridgehead atoms. The second-order valence-corrected chi connectivity index (χ2v) is 7.41. The second kappa shape index (κ2) is 9.22. The lowest BCUT2D eigenvalue weighted by Gasteiger charge is -2.30. The van der Waals surface area contributed by atoms with Crippen LogP contribution in [0.15, 0.2) is 35.1 Å². The zero-order valence-corrected chi connectivity index (χ0v) is 17.9. The average Bonchev–Trinajstić information content (AvgIpc) is 3.39. The lowest BCUT2D eigenvalue weighted by molar-refractivity contribution is 0.0591. The summed E-state index contributed by atoms with van der Waals surface area (Å²) in [5.74, 6) is 0.600. The van der Waals surface area contributed by atoms with Crippen molar-refractivity contribution >= 4 is 16.9 Å². The summed E-state index contributed by atoms with van der Waals surface area (Å²) in [7, 11) is 1.65. The molecule has 0 N–H and O–H groups in total. The predicted octanol–water partition coefficient (Wildman–Crippen LogP) is 4.55. The Morgan fingerprint density at radius 2 is 2.07 bits per heavy atom. The van der Waals surface area contributed by atoms with Crippen LogP contribution in [0.4, 0.5) is 0 Å². The molecule has 0 aliphatic heterocycles. The number of amides is 1. The molecule has 0 saturated heterocycles. The number of methoxy groups -OCH3 is 1. The first-order valence-corrected chi connectivity index (χ1v) is 10.2. The van der Waals surface area contributed by atoms with E-state index in [4.69, 9.17) is 14.1 Å². The molecule has 29 heavy (non-hydrogen) atoms. The third-order valence-corrected chi connectivity index (χ3v) is 5.24. The highest BCUT2D eigenvalue weighted by Gasteiger charge is 2.26. The number of nitrogens with zero attached hydrogens (tertiary/aromatic N) is 4. The number of carbonyl (C=O) groups excluding carboxylic acids is 1. The van der Waals surface area contributed by atoms with Gasteiger partial charge < -0.3 is 14.1 Å². The Morgan fingerprint density at radius 1 is 1.31 bits per heavy atom. The van der Waals surface area contributed by atoms with Crippen LogP contribution in [-0.4, -0.2) is 51.9 Å². The van der Waals surface area contributed by atoms with Gasteiger partial charge in [-0.3, -0.25) is 4.79 Å². The van der Waals surface area contributed by atoms with Gasteiger partial charge in [-0.25, -0.2) is 9.67 Å². The van der Waals surface area contributed by atoms with Crippen LogP contribution >= 0.6 is 0 Å². The van der Waals surface area contributed by atoms with E-state index in [-0.39, 0.29) is 18.0 Å². The van der Waals surface area contributed by atoms with Crippen molar-refractivity contribution in [3.63, 3.8) is 0 Å². The van der Waals surface area contributed by atoms with E-state index in [2.05, 4.69) is 18.9 Å². The van der Waals surface area contributed by atoms with Gasteiger partial charge in [-0.15, -0.1) is 0 Å². The SMILES string of the molecule is CCC(CC)N(CCOC)C(=O)c1cc(-c2ccco2)nc2c1cnn2C(C)C. The molecule has 0 radical (unpaired) electrons. The van der Waals surface area contributed by atoms with Gasteiger partial charge in [-0.05, 0) is 44.9 Å². The molecule has 156 valence electrons. The highest BCUT2D eigenvalue weighted by molar-refractivity contribution is 6.06. The Hall–Kier alpha value is -2.67. The quantitative estimate of drug-likeness (QED) is 0.529. The van der Waals surface area contributed by atoms with Crippen molar-refractivity contribution in [2.45, 2.75) is 52.6 Å². The fraction of sp³-hybridized carbons (Fsp3) is 0.500. The number of fused-ring (bicyclic) bond motifs is 1. The number of carbonyl (C=O) groups is 1. The van der Waals surface area contributed by atoms with Crippen LogP contribution in [0.2, 0.25) is 0 Å². The molecule has 3 aromatic heterocycles. The molecule has 3 heterocycles. The summed E-state index contributed by atoms with van der Waals surface area (Å²) in [6.07, 6.45) is 5.12. The van der Waals surface area contributed by atoms with Crippen LogP contribution in [0.3, 0.4) is 0 Å². The van der Waals surface area contributed by atoms with Gasteiger partial charge in [0, 0.05) is 25.7 Å². The molecule has 0 aliphatic carbocycles. The average molecular weight is 399 g/mol. The highest BCUT2D eigenvalue weighted by Crippen LogP contribution is 2.28. The number of ether oxygens (including phenoxy) is 1. The number of furan rings is 1. The summed E-state index contributed by atoms with van der Waals surface area (Å²) < 4.78 is 12.7. The van der Waals surface area contributed by atoms with Gasteiger partial charge in [0.2, 0.25) is 0 Å². The monoisotopic (exact) mass is 398 g/mol. The Morgan fingerprint density at radius 3 is 2.66 bits per heavy atom. The van der Waals surface area contributed by atoms with Gasteiger partial charge in [-0.2, -0.15) is 5.10 Å². The lowest BCUT2D eigenvalue weighted by Crippen LogP contribution is -2.42. The lowest BCUT2D eigenvalue weighted by atomic mass is 10.1. The largest absolute Gasteiger partial charge is 0.463 e. The van der Waals surface area contributed by atoms with E-state index < -0.39 is 0 Å². The summed E-state index contributed by atoms with van der Waals surface area (Å²) >= 11 is 0. The molecule has 3 aromatic rings. The van der Waals surface area contributed by atoms with E-state index in [0.717, 1.165) is 18.2 Å². The van der Waals surface area contributed by atoms with Crippen molar-refractivity contribution < 1.29 is 13.9 Å². The smallest absolute Gasteiger partial charge is 0.255 e. The second-order valence-electron chi connectivity index (χ2n) is 7.41. The van der Waals surface area contributed by atoms with Crippen molar-refractivity contribution in [3.8, 4) is 11.5 Å². The van der Waals surface area contributed by atoms with Crippen molar-refractivity contribution in [1.29, 1.82) is 0 Å². The summed E-state index contributed by atoms with van der Waals surface area (Å²) in [6.45, 7) is 9.34. The third kappa shape index (κ3) is 4.19. The van der Waals surface area contributed by atoms with E-state index in [0.29, 0.717) is 35.8 Å². The molecule has 7 heteroatoms. The maximum Gasteiger partial charge on any atom is 0.255 e. The Labute approximate surface area is 171 Å². The van der Waals surface area contributed by atoms with Crippen LogP contribution in [0, 0.1) is 0 Å². The van der Waals surface area contributed by atoms with Crippen LogP contribution in [-0.2, 0) is 4.74 Å². The van der Waals surface area contributed by atoms with Gasteiger partial charge >= 0.3 is 0 Å². The van der Waals surface area contributed by atoms with E-state index in [9.17, 15) is 4.79 Å². The fourth-order valence-corrected chi connectivity index (χ4v) is 3.65. The fourth-order valence-electron chi connectivity index (χ4n) is 3.65. The minimum Gasteiger partial charge on any atom is -0.463 e. The predicted molar refractivity (Wildman–Crippen MR) is 113 cm³/mol. The van der Waals surface area contributed by atoms with Crippen LogP contribution in [0.25, 0.3) is 22.5 Å². The standard InChI is InChI=1S/C22H30N4O3/c1-6-16(7-2)25(10-12-28-5)22(27)17-13-19(20-9-8-11-29-20)24-21-18(17)14-23-26(21)15(3)4/h8-9,11,13-16H,6-7,10,12H2,1-5H3. The van der Waals surface area contributed by atoms with Crippen molar-refractivity contribution in [2.75, 3.05) is 20.3 Å². The van der Waals surface area contributed by atoms with Gasteiger partial charge in [-0.1, -0.05) is 13.8 Å². The Bertz CT molecular complexity index is 943. The van der Waals surface area contributed by atoms with Crippen LogP contribution in [0.5, 0.6) is 0 Å². The Balaban J connectivity index is 2.16. The van der Waals surface area contributed by atoms with Gasteiger partial charge in [0.25, 0.3) is 5.91 Å². The molecule has 3 rings (SSSR count). The van der Waals surface area contributed by atoms with Crippen molar-refractivity contribution in [3.05, 3.63) is 36.2 Å². The van der Waals surface area contributed by atoms with Crippen LogP contribution < -0.4 is 0 Å². The summed E-state index contributed by atoms with van der Waals surface area (Å²) in [5, 5.41) is 5.25. The highest BCUT2D eigenvalue weighted by atomic mass is 16.5. The number of rotatable bonds is 9. The third-order valence-electron chi connectivity index (χ3n) is 5.24. The first-order chi connectivity index (χ1) is 14.0. The van der Waals surface area contributed by atoms with E-state index in [1.807, 2.05) is 41.6 Å². The Kier molecular flexibility index (Phi) is 6.69. The number of aromatic nitrogens is 3. The maximum atomic E-state index is 13.7. The number of hydrogen-bond acceptors (Lipinski definition) is 5. The molecule has 0 aliphatic rings. The molecule has 0 atom stereocenters. The minimum absolute atomic E-state index is 0.0285. The molecule has 0 spiro atoms. The molecule has 7 nitrogen and oxygen atoms in total. The minimum atomic E-state index is -0.0285. The molecule has 0 aromatic carbocycles. The normalized spacial score (nSPS) is 11.7. The van der Waals surface area contributed by atoms with Crippen LogP contribution in [0.1, 0.15) is 56.9 Å². The summed E-state index contributed by atoms with van der Waals surface area (Å²) in [4.78, 5) is 20.4. The van der Waals surface area contributed by atoms with E-state index in [1.165, 1.54) is 0 Å².